The maximum atomic E-state index is 12.0. The van der Waals surface area contributed by atoms with E-state index in [-0.39, 0.29) is 5.91 Å². The van der Waals surface area contributed by atoms with Crippen LogP contribution in [0.4, 0.5) is 0 Å². The highest BCUT2D eigenvalue weighted by Gasteiger charge is 2.11. The first kappa shape index (κ1) is 21.1. The number of unbranched alkanes of at least 4 members (excludes halogenated alkanes) is 1. The number of hydrogen-bond acceptors (Lipinski definition) is 4. The number of carbonyl (C=O) groups excluding carboxylic acids is 2. The van der Waals surface area contributed by atoms with E-state index in [1.54, 1.807) is 21.6 Å². The largest absolute Gasteiger partial charge is 0.356 e. The molecule has 0 spiro atoms. The summed E-state index contributed by atoms with van der Waals surface area (Å²) < 4.78 is 0. The highest BCUT2D eigenvalue weighted by molar-refractivity contribution is 8.77. The van der Waals surface area contributed by atoms with Crippen LogP contribution < -0.4 is 5.32 Å². The minimum Gasteiger partial charge on any atom is -0.356 e. The quantitative estimate of drug-likeness (QED) is 0.415. The van der Waals surface area contributed by atoms with Crippen LogP contribution in [0, 0.1) is 0 Å². The number of hydrogen-bond donors (Lipinski definition) is 1. The standard InChI is InChI=1S/C19H29NO2S2/c1-4-6-13-20-19(22)14-16-9-7-8-10-18(16)24-23-15(3)11-12-17(21)5-2/h7-10,15H,4-6,11-14H2,1-3H3,(H,20,22). The summed E-state index contributed by atoms with van der Waals surface area (Å²) in [7, 11) is 3.49. The van der Waals surface area contributed by atoms with Gasteiger partial charge < -0.3 is 5.32 Å². The third kappa shape index (κ3) is 8.78. The number of amides is 1. The Labute approximate surface area is 154 Å². The van der Waals surface area contributed by atoms with E-state index in [9.17, 15) is 9.59 Å². The third-order valence-corrected chi connectivity index (χ3v) is 6.75. The van der Waals surface area contributed by atoms with Gasteiger partial charge in [0.1, 0.15) is 5.78 Å². The number of rotatable bonds is 12. The van der Waals surface area contributed by atoms with Crippen molar-refractivity contribution in [1.82, 2.24) is 5.32 Å². The topological polar surface area (TPSA) is 46.2 Å². The molecule has 0 bridgehead atoms. The lowest BCUT2D eigenvalue weighted by Gasteiger charge is -2.12. The summed E-state index contributed by atoms with van der Waals surface area (Å²) in [5, 5.41) is 3.38. The summed E-state index contributed by atoms with van der Waals surface area (Å²) in [5.41, 5.74) is 1.07. The van der Waals surface area contributed by atoms with E-state index in [1.807, 2.05) is 25.1 Å². The van der Waals surface area contributed by atoms with Gasteiger partial charge in [0.25, 0.3) is 0 Å². The SMILES string of the molecule is CCCCNC(=O)Cc1ccccc1SSC(C)CCC(=O)CC. The van der Waals surface area contributed by atoms with Gasteiger partial charge in [0.2, 0.25) is 5.91 Å². The van der Waals surface area contributed by atoms with Crippen LogP contribution in [-0.2, 0) is 16.0 Å². The van der Waals surface area contributed by atoms with E-state index in [2.05, 4.69) is 25.2 Å². The maximum Gasteiger partial charge on any atom is 0.224 e. The van der Waals surface area contributed by atoms with E-state index < -0.39 is 0 Å². The number of nitrogens with one attached hydrogen (secondary N) is 1. The zero-order valence-electron chi connectivity index (χ0n) is 15.0. The Kier molecular flexibility index (Phi) is 10.9. The molecule has 1 rings (SSSR count). The molecular weight excluding hydrogens is 338 g/mol. The van der Waals surface area contributed by atoms with Crippen LogP contribution >= 0.6 is 21.6 Å². The van der Waals surface area contributed by atoms with Gasteiger partial charge in [-0.25, -0.2) is 0 Å². The second-order valence-electron chi connectivity index (χ2n) is 5.91. The van der Waals surface area contributed by atoms with Crippen molar-refractivity contribution in [1.29, 1.82) is 0 Å². The monoisotopic (exact) mass is 367 g/mol. The fraction of sp³-hybridized carbons (Fsp3) is 0.579. The predicted molar refractivity (Wildman–Crippen MR) is 106 cm³/mol. The highest BCUT2D eigenvalue weighted by atomic mass is 33.1. The van der Waals surface area contributed by atoms with Gasteiger partial charge in [-0.15, -0.1) is 0 Å². The molecule has 134 valence electrons. The minimum atomic E-state index is 0.0862. The van der Waals surface area contributed by atoms with Gasteiger partial charge >= 0.3 is 0 Å². The number of Topliss-reactive ketones (excluding diaryl/α,β-unsaturated/α-hetero) is 1. The average molecular weight is 368 g/mol. The van der Waals surface area contributed by atoms with Crippen LogP contribution in [0.1, 0.15) is 58.4 Å². The molecule has 0 heterocycles. The van der Waals surface area contributed by atoms with Crippen molar-refractivity contribution in [3.8, 4) is 0 Å². The van der Waals surface area contributed by atoms with E-state index in [1.165, 1.54) is 0 Å². The van der Waals surface area contributed by atoms with Crippen LogP contribution in [0.2, 0.25) is 0 Å². The van der Waals surface area contributed by atoms with E-state index >= 15 is 0 Å². The Morgan fingerprint density at radius 1 is 1.21 bits per heavy atom. The lowest BCUT2D eigenvalue weighted by Crippen LogP contribution is -2.26. The molecule has 1 aromatic rings. The van der Waals surface area contributed by atoms with E-state index in [0.29, 0.717) is 30.3 Å². The molecule has 1 amide bonds. The zero-order valence-corrected chi connectivity index (χ0v) is 16.6. The van der Waals surface area contributed by atoms with Gasteiger partial charge in [-0.05, 0) is 24.5 Å². The Morgan fingerprint density at radius 2 is 1.96 bits per heavy atom. The van der Waals surface area contributed by atoms with Gasteiger partial charge in [0.05, 0.1) is 6.42 Å². The summed E-state index contributed by atoms with van der Waals surface area (Å²) in [5.74, 6) is 0.416. The third-order valence-electron chi connectivity index (χ3n) is 3.70. The van der Waals surface area contributed by atoms with Crippen molar-refractivity contribution in [2.24, 2.45) is 0 Å². The second kappa shape index (κ2) is 12.4. The zero-order chi connectivity index (χ0) is 17.8. The first-order valence-corrected chi connectivity index (χ1v) is 11.0. The van der Waals surface area contributed by atoms with Gasteiger partial charge in [-0.3, -0.25) is 9.59 Å². The van der Waals surface area contributed by atoms with Crippen molar-refractivity contribution >= 4 is 33.3 Å². The maximum absolute atomic E-state index is 12.0. The molecule has 1 unspecified atom stereocenters. The molecule has 0 fully saturated rings. The molecule has 3 nitrogen and oxygen atoms in total. The molecule has 1 aromatic carbocycles. The highest BCUT2D eigenvalue weighted by Crippen LogP contribution is 2.38. The van der Waals surface area contributed by atoms with Gasteiger partial charge in [-0.1, -0.05) is 67.0 Å². The van der Waals surface area contributed by atoms with Crippen molar-refractivity contribution in [2.45, 2.75) is 69.4 Å². The molecule has 0 aliphatic heterocycles. The number of benzene rings is 1. The van der Waals surface area contributed by atoms with E-state index in [0.717, 1.165) is 36.3 Å². The van der Waals surface area contributed by atoms with Crippen molar-refractivity contribution in [2.75, 3.05) is 6.54 Å². The van der Waals surface area contributed by atoms with Crippen LogP contribution in [0.3, 0.4) is 0 Å². The molecule has 0 saturated heterocycles. The Balaban J connectivity index is 2.48. The molecule has 0 saturated carbocycles. The first-order chi connectivity index (χ1) is 11.6. The minimum absolute atomic E-state index is 0.0862. The molecule has 0 aromatic heterocycles. The van der Waals surface area contributed by atoms with E-state index in [4.69, 9.17) is 0 Å². The van der Waals surface area contributed by atoms with Crippen LogP contribution in [0.25, 0.3) is 0 Å². The fourth-order valence-corrected chi connectivity index (χ4v) is 4.54. The number of ketones is 1. The Hall–Kier alpha value is -0.940. The molecule has 0 radical (unpaired) electrons. The van der Waals surface area contributed by atoms with Crippen molar-refractivity contribution in [3.63, 3.8) is 0 Å². The average Bonchev–Trinajstić information content (AvgIpc) is 2.59. The smallest absolute Gasteiger partial charge is 0.224 e. The van der Waals surface area contributed by atoms with Crippen LogP contribution in [-0.4, -0.2) is 23.5 Å². The van der Waals surface area contributed by atoms with Gasteiger partial charge in [-0.2, -0.15) is 0 Å². The van der Waals surface area contributed by atoms with Crippen molar-refractivity contribution in [3.05, 3.63) is 29.8 Å². The summed E-state index contributed by atoms with van der Waals surface area (Å²) in [6.45, 7) is 6.93. The van der Waals surface area contributed by atoms with Crippen LogP contribution in [0.5, 0.6) is 0 Å². The molecule has 1 N–H and O–H groups in total. The number of carbonyl (C=O) groups is 2. The lowest BCUT2D eigenvalue weighted by molar-refractivity contribution is -0.120. The van der Waals surface area contributed by atoms with Crippen molar-refractivity contribution < 1.29 is 9.59 Å². The first-order valence-electron chi connectivity index (χ1n) is 8.76. The molecule has 0 aliphatic rings. The molecule has 24 heavy (non-hydrogen) atoms. The predicted octanol–water partition coefficient (Wildman–Crippen LogP) is 5.03. The van der Waals surface area contributed by atoms with Gasteiger partial charge in [0.15, 0.2) is 0 Å². The molecular formula is C19H29NO2S2. The second-order valence-corrected chi connectivity index (χ2v) is 8.59. The van der Waals surface area contributed by atoms with Crippen LogP contribution in [0.15, 0.2) is 29.2 Å². The fourth-order valence-electron chi connectivity index (χ4n) is 2.09. The normalized spacial score (nSPS) is 12.0. The Morgan fingerprint density at radius 3 is 2.67 bits per heavy atom. The molecule has 5 heteroatoms. The molecule has 1 atom stereocenters. The molecule has 0 aliphatic carbocycles. The Bertz CT molecular complexity index is 520. The summed E-state index contributed by atoms with van der Waals surface area (Å²) in [6, 6.07) is 8.07. The van der Waals surface area contributed by atoms with Gasteiger partial charge in [0, 0.05) is 29.5 Å². The summed E-state index contributed by atoms with van der Waals surface area (Å²) in [6.07, 6.45) is 4.72. The lowest BCUT2D eigenvalue weighted by atomic mass is 10.1. The summed E-state index contributed by atoms with van der Waals surface area (Å²) >= 11 is 0. The summed E-state index contributed by atoms with van der Waals surface area (Å²) in [4.78, 5) is 24.6.